The second-order valence-corrected chi connectivity index (χ2v) is 6.04. The molecule has 0 saturated carbocycles. The van der Waals surface area contributed by atoms with Crippen LogP contribution >= 0.6 is 0 Å². The number of hydrogen-bond acceptors (Lipinski definition) is 2. The molecule has 104 valence electrons. The molecule has 0 aromatic heterocycles. The largest absolute Gasteiger partial charge is 0.496 e. The van der Waals surface area contributed by atoms with Gasteiger partial charge in [0, 0.05) is 5.41 Å². The zero-order valence-electron chi connectivity index (χ0n) is 12.1. The number of methoxy groups -OCH3 is 1. The van der Waals surface area contributed by atoms with Gasteiger partial charge >= 0.3 is 5.97 Å². The molecule has 1 unspecified atom stereocenters. The highest BCUT2D eigenvalue weighted by Gasteiger charge is 2.37. The van der Waals surface area contributed by atoms with Gasteiger partial charge in [0.2, 0.25) is 0 Å². The molecule has 1 atom stereocenters. The third-order valence-electron chi connectivity index (χ3n) is 4.22. The zero-order chi connectivity index (χ0) is 14.2. The summed E-state index contributed by atoms with van der Waals surface area (Å²) in [6.07, 6.45) is 2.04. The Hall–Kier alpha value is -1.51. The molecule has 0 bridgehead atoms. The van der Waals surface area contributed by atoms with Crippen LogP contribution in [0.4, 0.5) is 0 Å². The predicted octanol–water partition coefficient (Wildman–Crippen LogP) is 3.50. The summed E-state index contributed by atoms with van der Waals surface area (Å²) in [4.78, 5) is 11.1. The average molecular weight is 262 g/mol. The van der Waals surface area contributed by atoms with Crippen molar-refractivity contribution in [3.05, 3.63) is 28.8 Å². The van der Waals surface area contributed by atoms with Crippen LogP contribution in [0.1, 0.15) is 56.2 Å². The van der Waals surface area contributed by atoms with E-state index in [9.17, 15) is 4.79 Å². The van der Waals surface area contributed by atoms with Crippen LogP contribution in [0.25, 0.3) is 0 Å². The van der Waals surface area contributed by atoms with Gasteiger partial charge in [-0.15, -0.1) is 0 Å². The van der Waals surface area contributed by atoms with Crippen molar-refractivity contribution in [3.8, 4) is 5.75 Å². The van der Waals surface area contributed by atoms with Crippen molar-refractivity contribution in [2.24, 2.45) is 0 Å². The monoisotopic (exact) mass is 262 g/mol. The van der Waals surface area contributed by atoms with Crippen LogP contribution < -0.4 is 4.74 Å². The van der Waals surface area contributed by atoms with Crippen LogP contribution in [0, 0.1) is 0 Å². The Balaban J connectivity index is 2.51. The molecule has 1 aromatic carbocycles. The Morgan fingerprint density at radius 2 is 2.16 bits per heavy atom. The van der Waals surface area contributed by atoms with Crippen LogP contribution in [0.3, 0.4) is 0 Å². The summed E-state index contributed by atoms with van der Waals surface area (Å²) in [5.41, 5.74) is 3.36. The van der Waals surface area contributed by atoms with Crippen molar-refractivity contribution in [3.63, 3.8) is 0 Å². The molecule has 3 nitrogen and oxygen atoms in total. The highest BCUT2D eigenvalue weighted by Crippen LogP contribution is 2.44. The SMILES string of the molecule is COc1cc2c(cc1C(C)C)C(C)(CC(=O)O)CC2. The standard InChI is InChI=1S/C16H22O3/c1-10(2)12-8-13-11(7-14(12)19-4)5-6-16(13,3)9-15(17)18/h7-8,10H,5-6,9H2,1-4H3,(H,17,18). The van der Waals surface area contributed by atoms with E-state index >= 15 is 0 Å². The summed E-state index contributed by atoms with van der Waals surface area (Å²) in [5.74, 6) is 0.570. The molecular formula is C16H22O3. The Morgan fingerprint density at radius 1 is 1.47 bits per heavy atom. The fourth-order valence-electron chi connectivity index (χ4n) is 3.10. The van der Waals surface area contributed by atoms with Crippen LogP contribution in [0.2, 0.25) is 0 Å². The number of rotatable bonds is 4. The average Bonchev–Trinajstić information content (AvgIpc) is 2.63. The quantitative estimate of drug-likeness (QED) is 0.903. The van der Waals surface area contributed by atoms with Gasteiger partial charge in [-0.1, -0.05) is 26.8 Å². The summed E-state index contributed by atoms with van der Waals surface area (Å²) in [7, 11) is 1.69. The molecule has 1 aliphatic rings. The van der Waals surface area contributed by atoms with Gasteiger partial charge in [0.1, 0.15) is 5.75 Å². The summed E-state index contributed by atoms with van der Waals surface area (Å²) in [5, 5.41) is 9.12. The second kappa shape index (κ2) is 4.87. The maximum atomic E-state index is 11.1. The van der Waals surface area contributed by atoms with E-state index < -0.39 is 5.97 Å². The van der Waals surface area contributed by atoms with E-state index in [-0.39, 0.29) is 11.8 Å². The van der Waals surface area contributed by atoms with Crippen molar-refractivity contribution in [2.75, 3.05) is 7.11 Å². The van der Waals surface area contributed by atoms with E-state index in [1.165, 1.54) is 16.7 Å². The van der Waals surface area contributed by atoms with E-state index in [4.69, 9.17) is 9.84 Å². The van der Waals surface area contributed by atoms with Gasteiger partial charge in [0.25, 0.3) is 0 Å². The molecule has 2 rings (SSSR count). The third kappa shape index (κ3) is 2.46. The highest BCUT2D eigenvalue weighted by molar-refractivity contribution is 5.70. The van der Waals surface area contributed by atoms with Crippen LogP contribution in [0.15, 0.2) is 12.1 Å². The van der Waals surface area contributed by atoms with Crippen LogP contribution in [-0.4, -0.2) is 18.2 Å². The van der Waals surface area contributed by atoms with E-state index in [0.29, 0.717) is 5.92 Å². The van der Waals surface area contributed by atoms with E-state index in [0.717, 1.165) is 18.6 Å². The number of aliphatic carboxylic acids is 1. The maximum Gasteiger partial charge on any atom is 0.304 e. The molecule has 1 aliphatic carbocycles. The Labute approximate surface area is 114 Å². The highest BCUT2D eigenvalue weighted by atomic mass is 16.5. The first kappa shape index (κ1) is 13.9. The first-order chi connectivity index (χ1) is 8.87. The normalized spacial score (nSPS) is 21.5. The van der Waals surface area contributed by atoms with E-state index in [1.807, 2.05) is 0 Å². The van der Waals surface area contributed by atoms with Crippen molar-refractivity contribution < 1.29 is 14.6 Å². The molecule has 0 radical (unpaired) electrons. The zero-order valence-corrected chi connectivity index (χ0v) is 12.1. The molecule has 0 heterocycles. The van der Waals surface area contributed by atoms with E-state index in [1.54, 1.807) is 7.11 Å². The number of aryl methyl sites for hydroxylation is 1. The van der Waals surface area contributed by atoms with Crippen LogP contribution in [-0.2, 0) is 16.6 Å². The molecule has 1 N–H and O–H groups in total. The Bertz CT molecular complexity index is 505. The summed E-state index contributed by atoms with van der Waals surface area (Å²) < 4.78 is 5.46. The number of ether oxygens (including phenoxy) is 1. The fourth-order valence-corrected chi connectivity index (χ4v) is 3.10. The molecule has 19 heavy (non-hydrogen) atoms. The number of carbonyl (C=O) groups is 1. The number of carboxylic acid groups (broad SMARTS) is 1. The van der Waals surface area contributed by atoms with Gasteiger partial charge in [-0.3, -0.25) is 4.79 Å². The van der Waals surface area contributed by atoms with Crippen molar-refractivity contribution >= 4 is 5.97 Å². The van der Waals surface area contributed by atoms with Gasteiger partial charge in [-0.2, -0.15) is 0 Å². The third-order valence-corrected chi connectivity index (χ3v) is 4.22. The topological polar surface area (TPSA) is 46.5 Å². The van der Waals surface area contributed by atoms with Gasteiger partial charge < -0.3 is 9.84 Å². The summed E-state index contributed by atoms with van der Waals surface area (Å²) in [6.45, 7) is 6.32. The fraction of sp³-hybridized carbons (Fsp3) is 0.562. The van der Waals surface area contributed by atoms with Crippen molar-refractivity contribution in [1.82, 2.24) is 0 Å². The minimum absolute atomic E-state index is 0.198. The van der Waals surface area contributed by atoms with Crippen molar-refractivity contribution in [1.29, 1.82) is 0 Å². The van der Waals surface area contributed by atoms with Gasteiger partial charge in [-0.25, -0.2) is 0 Å². The Kier molecular flexibility index (Phi) is 3.57. The first-order valence-electron chi connectivity index (χ1n) is 6.80. The number of carboxylic acids is 1. The second-order valence-electron chi connectivity index (χ2n) is 6.04. The lowest BCUT2D eigenvalue weighted by molar-refractivity contribution is -0.138. The molecule has 0 fully saturated rings. The smallest absolute Gasteiger partial charge is 0.304 e. The van der Waals surface area contributed by atoms with Crippen molar-refractivity contribution in [2.45, 2.75) is 51.4 Å². The number of benzene rings is 1. The molecule has 0 saturated heterocycles. The molecule has 0 amide bonds. The molecular weight excluding hydrogens is 240 g/mol. The molecule has 0 aliphatic heterocycles. The number of hydrogen-bond donors (Lipinski definition) is 1. The van der Waals surface area contributed by atoms with Crippen LogP contribution in [0.5, 0.6) is 5.75 Å². The molecule has 3 heteroatoms. The molecule has 1 aromatic rings. The van der Waals surface area contributed by atoms with Gasteiger partial charge in [0.15, 0.2) is 0 Å². The molecule has 0 spiro atoms. The number of fused-ring (bicyclic) bond motifs is 1. The van der Waals surface area contributed by atoms with Gasteiger partial charge in [0.05, 0.1) is 13.5 Å². The van der Waals surface area contributed by atoms with Gasteiger partial charge in [-0.05, 0) is 41.5 Å². The Morgan fingerprint density at radius 3 is 2.68 bits per heavy atom. The first-order valence-corrected chi connectivity index (χ1v) is 6.80. The predicted molar refractivity (Wildman–Crippen MR) is 75.0 cm³/mol. The van der Waals surface area contributed by atoms with E-state index in [2.05, 4.69) is 32.9 Å². The summed E-state index contributed by atoms with van der Waals surface area (Å²) in [6, 6.07) is 4.26. The maximum absolute atomic E-state index is 11.1. The lowest BCUT2D eigenvalue weighted by atomic mass is 9.79. The lowest BCUT2D eigenvalue weighted by Crippen LogP contribution is -2.22. The minimum Gasteiger partial charge on any atom is -0.496 e. The minimum atomic E-state index is -0.725. The summed E-state index contributed by atoms with van der Waals surface area (Å²) >= 11 is 0. The lowest BCUT2D eigenvalue weighted by Gasteiger charge is -2.25.